The lowest BCUT2D eigenvalue weighted by Crippen LogP contribution is -2.30. The molecule has 2 fully saturated rings. The molecular weight excluding hydrogens is 534 g/mol. The van der Waals surface area contributed by atoms with Crippen LogP contribution >= 0.6 is 39.9 Å². The van der Waals surface area contributed by atoms with Gasteiger partial charge < -0.3 is 14.6 Å². The number of nitrogens with zero attached hydrogens (tertiary/aromatic N) is 2. The van der Waals surface area contributed by atoms with Crippen LogP contribution in [-0.2, 0) is 20.9 Å². The summed E-state index contributed by atoms with van der Waals surface area (Å²) in [7, 11) is 1.65. The molecule has 34 heavy (non-hydrogen) atoms. The summed E-state index contributed by atoms with van der Waals surface area (Å²) in [5, 5.41) is 3.92. The highest BCUT2D eigenvalue weighted by Gasteiger charge is 2.32. The van der Waals surface area contributed by atoms with Gasteiger partial charge in [-0.15, -0.1) is 0 Å². The van der Waals surface area contributed by atoms with Crippen molar-refractivity contribution in [2.24, 2.45) is 5.92 Å². The lowest BCUT2D eigenvalue weighted by molar-refractivity contribution is -0.122. The summed E-state index contributed by atoms with van der Waals surface area (Å²) in [4.78, 5) is 28.0. The number of aromatic nitrogens is 1. The zero-order chi connectivity index (χ0) is 24.1. The lowest BCUT2D eigenvalue weighted by atomic mass is 10.0. The predicted octanol–water partition coefficient (Wildman–Crippen LogP) is 5.34. The number of methoxy groups -OCH3 is 1. The second kappa shape index (κ2) is 11.8. The number of rotatable bonds is 10. The molecule has 2 amide bonds. The van der Waals surface area contributed by atoms with Crippen LogP contribution in [0.5, 0.6) is 0 Å². The highest BCUT2D eigenvalue weighted by Crippen LogP contribution is 2.36. The molecule has 2 aliphatic rings. The normalized spacial score (nSPS) is 18.1. The van der Waals surface area contributed by atoms with Crippen LogP contribution in [0.15, 0.2) is 33.8 Å². The van der Waals surface area contributed by atoms with Crippen molar-refractivity contribution in [1.29, 1.82) is 0 Å². The Morgan fingerprint density at radius 1 is 1.35 bits per heavy atom. The first kappa shape index (κ1) is 25.4. The van der Waals surface area contributed by atoms with Gasteiger partial charge in [-0.1, -0.05) is 65.6 Å². The van der Waals surface area contributed by atoms with Crippen LogP contribution in [0.25, 0.3) is 17.0 Å². The molecule has 6 nitrogen and oxygen atoms in total. The molecule has 1 N–H and O–H groups in total. The molecule has 1 aromatic carbocycles. The average molecular weight is 565 g/mol. The van der Waals surface area contributed by atoms with Gasteiger partial charge in [0.15, 0.2) is 0 Å². The first-order valence-corrected chi connectivity index (χ1v) is 13.8. The van der Waals surface area contributed by atoms with Gasteiger partial charge in [-0.05, 0) is 43.0 Å². The number of hydrogen-bond donors (Lipinski definition) is 1. The molecule has 1 saturated carbocycles. The van der Waals surface area contributed by atoms with Crippen molar-refractivity contribution in [3.8, 4) is 0 Å². The van der Waals surface area contributed by atoms with Gasteiger partial charge in [0.1, 0.15) is 10.9 Å². The number of benzene rings is 1. The average Bonchev–Trinajstić information content (AvgIpc) is 3.50. The molecular formula is C25H30BrN3O3S2. The second-order valence-electron chi connectivity index (χ2n) is 8.84. The zero-order valence-corrected chi connectivity index (χ0v) is 22.6. The molecule has 2 aromatic rings. The highest BCUT2D eigenvalue weighted by atomic mass is 79.9. The number of thioether (sulfide) groups is 1. The Labute approximate surface area is 218 Å². The minimum absolute atomic E-state index is 0.0141. The fourth-order valence-corrected chi connectivity index (χ4v) is 6.30. The van der Waals surface area contributed by atoms with Crippen LogP contribution in [0.4, 0.5) is 0 Å². The van der Waals surface area contributed by atoms with E-state index in [0.29, 0.717) is 34.8 Å². The number of ether oxygens (including phenoxy) is 1. The van der Waals surface area contributed by atoms with E-state index in [1.54, 1.807) is 12.0 Å². The van der Waals surface area contributed by atoms with Gasteiger partial charge in [0.2, 0.25) is 5.91 Å². The first-order valence-electron chi connectivity index (χ1n) is 11.8. The molecule has 0 radical (unpaired) electrons. The molecule has 1 aliphatic carbocycles. The maximum atomic E-state index is 13.1. The standard InChI is InChI=1S/C25H30BrN3O3S2/c1-32-12-4-10-27-23(30)16-28-15-18(20-14-19(26)7-8-21(20)28)13-22-24(31)29(25(33)34-22)11-9-17-5-2-3-6-17/h7-8,13-15,17H,2-6,9-12,16H2,1H3,(H,27,30)/b22-13-. The van der Waals surface area contributed by atoms with Crippen LogP contribution < -0.4 is 5.32 Å². The third-order valence-electron chi connectivity index (χ3n) is 6.43. The van der Waals surface area contributed by atoms with Crippen LogP contribution in [0.2, 0.25) is 0 Å². The fraction of sp³-hybridized carbons (Fsp3) is 0.480. The van der Waals surface area contributed by atoms with Crippen molar-refractivity contribution >= 4 is 73.0 Å². The number of amides is 2. The second-order valence-corrected chi connectivity index (χ2v) is 11.4. The smallest absolute Gasteiger partial charge is 0.266 e. The van der Waals surface area contributed by atoms with Crippen LogP contribution in [0.1, 0.15) is 44.1 Å². The summed E-state index contributed by atoms with van der Waals surface area (Å²) in [5.41, 5.74) is 1.85. The summed E-state index contributed by atoms with van der Waals surface area (Å²) < 4.78 is 8.54. The quantitative estimate of drug-likeness (QED) is 0.240. The van der Waals surface area contributed by atoms with E-state index >= 15 is 0 Å². The number of hydrogen-bond acceptors (Lipinski definition) is 5. The summed E-state index contributed by atoms with van der Waals surface area (Å²) in [6.07, 6.45) is 10.8. The van der Waals surface area contributed by atoms with Crippen molar-refractivity contribution in [3.05, 3.63) is 39.3 Å². The molecule has 0 unspecified atom stereocenters. The van der Waals surface area contributed by atoms with E-state index in [9.17, 15) is 9.59 Å². The van der Waals surface area contributed by atoms with Crippen LogP contribution in [0.3, 0.4) is 0 Å². The van der Waals surface area contributed by atoms with Gasteiger partial charge in [0, 0.05) is 53.9 Å². The number of halogens is 1. The third kappa shape index (κ3) is 6.11. The van der Waals surface area contributed by atoms with Gasteiger partial charge in [-0.3, -0.25) is 14.5 Å². The highest BCUT2D eigenvalue weighted by molar-refractivity contribution is 9.10. The molecule has 1 aliphatic heterocycles. The van der Waals surface area contributed by atoms with Crippen molar-refractivity contribution in [1.82, 2.24) is 14.8 Å². The summed E-state index contributed by atoms with van der Waals surface area (Å²) >= 11 is 10.5. The molecule has 9 heteroatoms. The van der Waals surface area contributed by atoms with Gasteiger partial charge in [-0.25, -0.2) is 0 Å². The number of nitrogens with one attached hydrogen (secondary N) is 1. The molecule has 4 rings (SSSR count). The summed E-state index contributed by atoms with van der Waals surface area (Å²) in [6.45, 7) is 2.10. The summed E-state index contributed by atoms with van der Waals surface area (Å²) in [6, 6.07) is 5.97. The molecule has 0 spiro atoms. The Morgan fingerprint density at radius 3 is 2.91 bits per heavy atom. The van der Waals surface area contributed by atoms with Crippen molar-refractivity contribution in [3.63, 3.8) is 0 Å². The Kier molecular flexibility index (Phi) is 8.85. The van der Waals surface area contributed by atoms with E-state index in [-0.39, 0.29) is 18.4 Å². The van der Waals surface area contributed by atoms with Gasteiger partial charge in [0.05, 0.1) is 4.91 Å². The van der Waals surface area contributed by atoms with E-state index < -0.39 is 0 Å². The minimum atomic E-state index is -0.0549. The number of thiocarbonyl (C=S) groups is 1. The maximum absolute atomic E-state index is 13.1. The first-order chi connectivity index (χ1) is 16.5. The Bertz CT molecular complexity index is 1110. The van der Waals surface area contributed by atoms with E-state index in [0.717, 1.165) is 33.8 Å². The molecule has 1 saturated heterocycles. The van der Waals surface area contributed by atoms with Gasteiger partial charge in [0.25, 0.3) is 5.91 Å². The zero-order valence-electron chi connectivity index (χ0n) is 19.3. The molecule has 182 valence electrons. The van der Waals surface area contributed by atoms with E-state index in [1.165, 1.54) is 37.4 Å². The number of carbonyl (C=O) groups is 2. The largest absolute Gasteiger partial charge is 0.385 e. The minimum Gasteiger partial charge on any atom is -0.385 e. The summed E-state index contributed by atoms with van der Waals surface area (Å²) in [5.74, 6) is 0.644. The number of carbonyl (C=O) groups excluding carboxylic acids is 2. The molecule has 1 aromatic heterocycles. The van der Waals surface area contributed by atoms with Crippen LogP contribution in [-0.4, -0.2) is 52.4 Å². The van der Waals surface area contributed by atoms with E-state index in [1.807, 2.05) is 35.0 Å². The topological polar surface area (TPSA) is 63.6 Å². The van der Waals surface area contributed by atoms with Crippen molar-refractivity contribution in [2.75, 3.05) is 26.8 Å². The third-order valence-corrected chi connectivity index (χ3v) is 8.30. The fourth-order valence-electron chi connectivity index (χ4n) is 4.64. The molecule has 2 heterocycles. The monoisotopic (exact) mass is 563 g/mol. The van der Waals surface area contributed by atoms with E-state index in [2.05, 4.69) is 21.2 Å². The van der Waals surface area contributed by atoms with Gasteiger partial charge in [-0.2, -0.15) is 0 Å². The van der Waals surface area contributed by atoms with E-state index in [4.69, 9.17) is 17.0 Å². The predicted molar refractivity (Wildman–Crippen MR) is 146 cm³/mol. The maximum Gasteiger partial charge on any atom is 0.266 e. The number of fused-ring (bicyclic) bond motifs is 1. The van der Waals surface area contributed by atoms with Crippen LogP contribution in [0, 0.1) is 5.92 Å². The van der Waals surface area contributed by atoms with Crippen molar-refractivity contribution < 1.29 is 14.3 Å². The Hall–Kier alpha value is -1.68. The van der Waals surface area contributed by atoms with Gasteiger partial charge >= 0.3 is 0 Å². The van der Waals surface area contributed by atoms with Crippen molar-refractivity contribution in [2.45, 2.75) is 45.1 Å². The Balaban J connectivity index is 1.51. The molecule has 0 atom stereocenters. The SMILES string of the molecule is COCCCNC(=O)Cn1cc(/C=C2\SC(=S)N(CCC3CCCC3)C2=O)c2cc(Br)ccc21. The lowest BCUT2D eigenvalue weighted by Gasteiger charge is -2.17. The molecule has 0 bridgehead atoms. The Morgan fingerprint density at radius 2 is 2.15 bits per heavy atom.